The predicted molar refractivity (Wildman–Crippen MR) is 83.0 cm³/mol. The summed E-state index contributed by atoms with van der Waals surface area (Å²) in [4.78, 5) is 32.0. The molecule has 5 heteroatoms. The fourth-order valence-electron chi connectivity index (χ4n) is 2.69. The van der Waals surface area contributed by atoms with Crippen LogP contribution in [0, 0.1) is 0 Å². The van der Waals surface area contributed by atoms with Gasteiger partial charge >= 0.3 is 0 Å². The fraction of sp³-hybridized carbons (Fsp3) is 0.235. The number of likely N-dealkylation sites (N-methyl/N-ethyl adjacent to an activating group) is 1. The molecule has 2 aromatic rings. The van der Waals surface area contributed by atoms with Crippen LogP contribution in [-0.4, -0.2) is 34.8 Å². The highest BCUT2D eigenvalue weighted by atomic mass is 16.2. The van der Waals surface area contributed by atoms with Crippen LogP contribution >= 0.6 is 0 Å². The third kappa shape index (κ3) is 2.76. The third-order valence-corrected chi connectivity index (χ3v) is 3.85. The van der Waals surface area contributed by atoms with E-state index in [1.165, 1.54) is 4.90 Å². The lowest BCUT2D eigenvalue weighted by molar-refractivity contribution is -0.122. The van der Waals surface area contributed by atoms with E-state index in [0.29, 0.717) is 12.2 Å². The molecule has 0 radical (unpaired) electrons. The molecule has 3 rings (SSSR count). The molecule has 1 saturated heterocycles. The molecule has 0 aliphatic carbocycles. The maximum atomic E-state index is 12.6. The predicted octanol–water partition coefficient (Wildman–Crippen LogP) is 1.85. The average Bonchev–Trinajstić information content (AvgIpc) is 2.84. The van der Waals surface area contributed by atoms with Gasteiger partial charge < -0.3 is 0 Å². The lowest BCUT2D eigenvalue weighted by atomic mass is 10.2. The summed E-state index contributed by atoms with van der Waals surface area (Å²) in [5.74, 6) is -0.310. The number of nitrogens with zero attached hydrogens (tertiary/aromatic N) is 3. The second kappa shape index (κ2) is 6.07. The lowest BCUT2D eigenvalue weighted by Gasteiger charge is -2.22. The maximum Gasteiger partial charge on any atom is 0.251 e. The number of imide groups is 1. The zero-order chi connectivity index (χ0) is 15.5. The highest BCUT2D eigenvalue weighted by Gasteiger charge is 2.41. The minimum atomic E-state index is -0.416. The Balaban J connectivity index is 1.76. The number of carbonyl (C=O) groups is 2. The lowest BCUT2D eigenvalue weighted by Crippen LogP contribution is -2.39. The van der Waals surface area contributed by atoms with E-state index in [1.807, 2.05) is 42.3 Å². The normalized spacial score (nSPS) is 18.3. The Bertz CT molecular complexity index is 673. The van der Waals surface area contributed by atoms with Crippen LogP contribution in [0.15, 0.2) is 54.9 Å². The molecule has 112 valence electrons. The van der Waals surface area contributed by atoms with E-state index in [2.05, 4.69) is 4.98 Å². The monoisotopic (exact) mass is 295 g/mol. The molecule has 1 aliphatic heterocycles. The first-order valence-electron chi connectivity index (χ1n) is 7.18. The van der Waals surface area contributed by atoms with Crippen molar-refractivity contribution in [1.82, 2.24) is 9.88 Å². The number of hydrogen-bond donors (Lipinski definition) is 0. The Kier molecular flexibility index (Phi) is 3.98. The molecule has 0 spiro atoms. The number of rotatable bonds is 4. The van der Waals surface area contributed by atoms with Gasteiger partial charge in [-0.05, 0) is 36.9 Å². The van der Waals surface area contributed by atoms with Gasteiger partial charge in [-0.25, -0.2) is 4.90 Å². The van der Waals surface area contributed by atoms with Crippen molar-refractivity contribution < 1.29 is 9.59 Å². The summed E-state index contributed by atoms with van der Waals surface area (Å²) in [7, 11) is 1.87. The van der Waals surface area contributed by atoms with Crippen LogP contribution in [-0.2, 0) is 16.1 Å². The van der Waals surface area contributed by atoms with Crippen molar-refractivity contribution in [3.05, 3.63) is 60.4 Å². The first-order valence-corrected chi connectivity index (χ1v) is 7.18. The van der Waals surface area contributed by atoms with Crippen LogP contribution in [0.2, 0.25) is 0 Å². The standard InChI is InChI=1S/C17H17N3O2/c1-19(12-13-7-9-18-10-8-13)15-11-16(21)20(17(15)22)14-5-3-2-4-6-14/h2-10,15H,11-12H2,1H3. The van der Waals surface area contributed by atoms with Gasteiger partial charge in [0.15, 0.2) is 0 Å². The summed E-state index contributed by atoms with van der Waals surface area (Å²) in [5.41, 5.74) is 1.70. The van der Waals surface area contributed by atoms with Crippen molar-refractivity contribution in [2.24, 2.45) is 0 Å². The van der Waals surface area contributed by atoms with Gasteiger partial charge in [0.25, 0.3) is 5.91 Å². The van der Waals surface area contributed by atoms with Gasteiger partial charge in [-0.1, -0.05) is 18.2 Å². The molecule has 5 nitrogen and oxygen atoms in total. The summed E-state index contributed by atoms with van der Waals surface area (Å²) in [6.45, 7) is 0.606. The van der Waals surface area contributed by atoms with E-state index in [-0.39, 0.29) is 18.2 Å². The summed E-state index contributed by atoms with van der Waals surface area (Å²) < 4.78 is 0. The molecule has 1 fully saturated rings. The van der Waals surface area contributed by atoms with E-state index >= 15 is 0 Å². The number of para-hydroxylation sites is 1. The topological polar surface area (TPSA) is 53.5 Å². The van der Waals surface area contributed by atoms with Gasteiger partial charge in [-0.2, -0.15) is 0 Å². The zero-order valence-electron chi connectivity index (χ0n) is 12.3. The molecule has 2 amide bonds. The second-order valence-electron chi connectivity index (χ2n) is 5.39. The molecule has 0 N–H and O–H groups in total. The Morgan fingerprint density at radius 3 is 2.50 bits per heavy atom. The van der Waals surface area contributed by atoms with Crippen LogP contribution < -0.4 is 4.90 Å². The molecule has 1 aliphatic rings. The van der Waals surface area contributed by atoms with Gasteiger partial charge in [-0.3, -0.25) is 19.5 Å². The van der Waals surface area contributed by atoms with E-state index in [4.69, 9.17) is 0 Å². The number of aromatic nitrogens is 1. The smallest absolute Gasteiger partial charge is 0.251 e. The van der Waals surface area contributed by atoms with E-state index in [9.17, 15) is 9.59 Å². The molecule has 2 heterocycles. The van der Waals surface area contributed by atoms with Gasteiger partial charge in [-0.15, -0.1) is 0 Å². The molecule has 1 aromatic heterocycles. The molecule has 1 unspecified atom stereocenters. The zero-order valence-corrected chi connectivity index (χ0v) is 12.3. The number of anilines is 1. The number of carbonyl (C=O) groups excluding carboxylic acids is 2. The molecule has 1 atom stereocenters. The average molecular weight is 295 g/mol. The van der Waals surface area contributed by atoms with Gasteiger partial charge in [0.1, 0.15) is 0 Å². The fourth-order valence-corrected chi connectivity index (χ4v) is 2.69. The SMILES string of the molecule is CN(Cc1ccncc1)C1CC(=O)N(c2ccccc2)C1=O. The van der Waals surface area contributed by atoms with Crippen LogP contribution in [0.3, 0.4) is 0 Å². The molecular weight excluding hydrogens is 278 g/mol. The Labute approximate surface area is 129 Å². The molecule has 22 heavy (non-hydrogen) atoms. The number of amides is 2. The summed E-state index contributed by atoms with van der Waals surface area (Å²) in [6.07, 6.45) is 3.66. The summed E-state index contributed by atoms with van der Waals surface area (Å²) in [5, 5.41) is 0. The number of benzene rings is 1. The Morgan fingerprint density at radius 1 is 1.14 bits per heavy atom. The molecule has 0 bridgehead atoms. The maximum absolute atomic E-state index is 12.6. The highest BCUT2D eigenvalue weighted by Crippen LogP contribution is 2.25. The molecular formula is C17H17N3O2. The molecule has 0 saturated carbocycles. The van der Waals surface area contributed by atoms with E-state index < -0.39 is 6.04 Å². The third-order valence-electron chi connectivity index (χ3n) is 3.85. The van der Waals surface area contributed by atoms with Crippen LogP contribution in [0.5, 0.6) is 0 Å². The van der Waals surface area contributed by atoms with Gasteiger partial charge in [0, 0.05) is 18.9 Å². The van der Waals surface area contributed by atoms with Gasteiger partial charge in [0.05, 0.1) is 18.2 Å². The van der Waals surface area contributed by atoms with Crippen LogP contribution in [0.4, 0.5) is 5.69 Å². The van der Waals surface area contributed by atoms with Crippen molar-refractivity contribution >= 4 is 17.5 Å². The van der Waals surface area contributed by atoms with Crippen molar-refractivity contribution in [3.8, 4) is 0 Å². The van der Waals surface area contributed by atoms with E-state index in [1.54, 1.807) is 24.5 Å². The Hall–Kier alpha value is -2.53. The van der Waals surface area contributed by atoms with E-state index in [0.717, 1.165) is 5.56 Å². The Morgan fingerprint density at radius 2 is 1.82 bits per heavy atom. The number of pyridine rings is 1. The van der Waals surface area contributed by atoms with Crippen LogP contribution in [0.1, 0.15) is 12.0 Å². The second-order valence-corrected chi connectivity index (χ2v) is 5.39. The first-order chi connectivity index (χ1) is 10.7. The van der Waals surface area contributed by atoms with Crippen molar-refractivity contribution in [2.75, 3.05) is 11.9 Å². The molecule has 1 aromatic carbocycles. The largest absolute Gasteiger partial charge is 0.290 e. The number of hydrogen-bond acceptors (Lipinski definition) is 4. The van der Waals surface area contributed by atoms with Gasteiger partial charge in [0.2, 0.25) is 5.91 Å². The minimum Gasteiger partial charge on any atom is -0.290 e. The van der Waals surface area contributed by atoms with Crippen molar-refractivity contribution in [3.63, 3.8) is 0 Å². The minimum absolute atomic E-state index is 0.150. The van der Waals surface area contributed by atoms with Crippen molar-refractivity contribution in [1.29, 1.82) is 0 Å². The first kappa shape index (κ1) is 14.4. The highest BCUT2D eigenvalue weighted by molar-refractivity contribution is 6.22. The van der Waals surface area contributed by atoms with Crippen LogP contribution in [0.25, 0.3) is 0 Å². The van der Waals surface area contributed by atoms with Crippen molar-refractivity contribution in [2.45, 2.75) is 19.0 Å². The summed E-state index contributed by atoms with van der Waals surface area (Å²) in [6, 6.07) is 12.5. The summed E-state index contributed by atoms with van der Waals surface area (Å²) >= 11 is 0. The quantitative estimate of drug-likeness (QED) is 0.808.